The molecule has 2 atom stereocenters. The van der Waals surface area contributed by atoms with Crippen LogP contribution < -0.4 is 4.74 Å². The summed E-state index contributed by atoms with van der Waals surface area (Å²) in [5.41, 5.74) is 9.32. The van der Waals surface area contributed by atoms with Crippen LogP contribution >= 0.6 is 0 Å². The highest BCUT2D eigenvalue weighted by Crippen LogP contribution is 2.46. The van der Waals surface area contributed by atoms with Gasteiger partial charge in [-0.3, -0.25) is 4.79 Å². The minimum Gasteiger partial charge on any atom is -0.494 e. The number of rotatable bonds is 10. The molecular weight excluding hydrogens is 422 g/mol. The predicted octanol–water partition coefficient (Wildman–Crippen LogP) is 4.31. The summed E-state index contributed by atoms with van der Waals surface area (Å²) in [4.78, 5) is 22.6. The molecule has 0 bridgehead atoms. The van der Waals surface area contributed by atoms with Gasteiger partial charge in [-0.05, 0) is 29.8 Å². The molecule has 3 rings (SSSR count). The van der Waals surface area contributed by atoms with E-state index >= 15 is 0 Å². The van der Waals surface area contributed by atoms with E-state index in [0.29, 0.717) is 41.5 Å². The third-order valence-corrected chi connectivity index (χ3v) is 5.24. The number of nitrogens with zero attached hydrogens (tertiary/aromatic N) is 5. The van der Waals surface area contributed by atoms with Gasteiger partial charge in [-0.15, -0.1) is 6.58 Å². The van der Waals surface area contributed by atoms with E-state index in [1.165, 1.54) is 4.90 Å². The second-order valence-corrected chi connectivity index (χ2v) is 7.73. The average Bonchev–Trinajstić information content (AvgIpc) is 3.20. The lowest BCUT2D eigenvalue weighted by molar-refractivity contribution is -0.137. The van der Waals surface area contributed by atoms with Crippen LogP contribution in [0.15, 0.2) is 71.3 Å². The van der Waals surface area contributed by atoms with Gasteiger partial charge in [0.2, 0.25) is 5.90 Å². The molecule has 1 aliphatic rings. The quantitative estimate of drug-likeness (QED) is 0.191. The highest BCUT2D eigenvalue weighted by molar-refractivity contribution is 6.01. The van der Waals surface area contributed by atoms with Crippen molar-refractivity contribution in [1.82, 2.24) is 4.90 Å². The van der Waals surface area contributed by atoms with Crippen LogP contribution in [-0.2, 0) is 9.53 Å². The normalized spacial score (nSPS) is 19.1. The molecule has 0 aromatic heterocycles. The van der Waals surface area contributed by atoms with Gasteiger partial charge >= 0.3 is 0 Å². The van der Waals surface area contributed by atoms with Gasteiger partial charge in [-0.25, -0.2) is 4.99 Å². The first kappa shape index (κ1) is 23.8. The molecule has 9 nitrogen and oxygen atoms in total. The second-order valence-electron chi connectivity index (χ2n) is 7.73. The van der Waals surface area contributed by atoms with Crippen LogP contribution in [0, 0.1) is 0 Å². The summed E-state index contributed by atoms with van der Waals surface area (Å²) in [6.07, 6.45) is 1.59. The minimum atomic E-state index is -1.31. The Morgan fingerprint density at radius 2 is 2.06 bits per heavy atom. The number of likely N-dealkylation sites (N-methyl/N-ethyl adjacent to an activating group) is 1. The van der Waals surface area contributed by atoms with Gasteiger partial charge in [0.05, 0.1) is 6.61 Å². The molecule has 0 spiro atoms. The Hall–Kier alpha value is -3.81. The van der Waals surface area contributed by atoms with Gasteiger partial charge in [0.15, 0.2) is 11.6 Å². The summed E-state index contributed by atoms with van der Waals surface area (Å²) in [7, 11) is 3.32. The summed E-state index contributed by atoms with van der Waals surface area (Å²) in [5.74, 6) is 0.703. The van der Waals surface area contributed by atoms with E-state index in [1.54, 1.807) is 68.7 Å². The van der Waals surface area contributed by atoms with Crippen LogP contribution in [0.1, 0.15) is 30.1 Å². The average molecular weight is 450 g/mol. The van der Waals surface area contributed by atoms with Gasteiger partial charge in [0, 0.05) is 55.3 Å². The molecule has 0 fully saturated rings. The third kappa shape index (κ3) is 5.00. The Balaban J connectivity index is 2.06. The monoisotopic (exact) mass is 449 g/mol. The molecule has 1 heterocycles. The number of ether oxygens (including phenoxy) is 2. The Morgan fingerprint density at radius 3 is 2.70 bits per heavy atom. The number of aliphatic hydroxyl groups is 1. The lowest BCUT2D eigenvalue weighted by Crippen LogP contribution is -2.47. The fourth-order valence-corrected chi connectivity index (χ4v) is 3.73. The Labute approximate surface area is 192 Å². The number of aliphatic hydroxyl groups excluding tert-OH is 1. The molecule has 2 aromatic carbocycles. The zero-order valence-corrected chi connectivity index (χ0v) is 18.7. The van der Waals surface area contributed by atoms with Crippen LogP contribution in [-0.4, -0.2) is 54.7 Å². The lowest BCUT2D eigenvalue weighted by atomic mass is 9.83. The molecule has 172 valence electrons. The lowest BCUT2D eigenvalue weighted by Gasteiger charge is -2.32. The third-order valence-electron chi connectivity index (χ3n) is 5.24. The van der Waals surface area contributed by atoms with E-state index in [0.717, 1.165) is 0 Å². The van der Waals surface area contributed by atoms with Crippen molar-refractivity contribution in [3.63, 3.8) is 0 Å². The molecule has 1 amide bonds. The minimum absolute atomic E-state index is 0.0622. The number of hydrogen-bond donors (Lipinski definition) is 1. The maximum Gasteiger partial charge on any atom is 0.254 e. The van der Waals surface area contributed by atoms with E-state index in [-0.39, 0.29) is 18.9 Å². The molecular formula is C24H27N5O4. The van der Waals surface area contributed by atoms with Gasteiger partial charge in [0.25, 0.3) is 5.91 Å². The molecule has 0 saturated heterocycles. The Bertz CT molecular complexity index is 1080. The maximum absolute atomic E-state index is 13.4. The van der Waals surface area contributed by atoms with Crippen LogP contribution in [0.2, 0.25) is 0 Å². The maximum atomic E-state index is 13.4. The number of hydrogen-bond acceptors (Lipinski definition) is 6. The van der Waals surface area contributed by atoms with Crippen molar-refractivity contribution >= 4 is 17.5 Å². The van der Waals surface area contributed by atoms with Crippen molar-refractivity contribution in [1.29, 1.82) is 0 Å². The fraction of sp³-hybridized carbons (Fsp3) is 0.333. The summed E-state index contributed by atoms with van der Waals surface area (Å²) < 4.78 is 11.9. The molecule has 9 heteroatoms. The zero-order valence-electron chi connectivity index (χ0n) is 18.7. The molecule has 0 unspecified atom stereocenters. The topological polar surface area (TPSA) is 120 Å². The molecule has 33 heavy (non-hydrogen) atoms. The highest BCUT2D eigenvalue weighted by atomic mass is 16.5. The molecule has 0 saturated carbocycles. The number of amides is 1. The number of azide groups is 1. The number of aliphatic imine (C=N–C) groups is 1. The fourth-order valence-electron chi connectivity index (χ4n) is 3.73. The zero-order chi connectivity index (χ0) is 23.8. The number of carbonyl (C=O) groups excluding carboxylic acids is 1. The Morgan fingerprint density at radius 1 is 1.33 bits per heavy atom. The van der Waals surface area contributed by atoms with E-state index < -0.39 is 11.6 Å². The predicted molar refractivity (Wildman–Crippen MR) is 125 cm³/mol. The van der Waals surface area contributed by atoms with E-state index in [9.17, 15) is 4.79 Å². The van der Waals surface area contributed by atoms with Crippen LogP contribution in [0.25, 0.3) is 10.4 Å². The van der Waals surface area contributed by atoms with Crippen molar-refractivity contribution in [3.8, 4) is 5.75 Å². The van der Waals surface area contributed by atoms with Gasteiger partial charge in [-0.1, -0.05) is 35.5 Å². The smallest absolute Gasteiger partial charge is 0.254 e. The van der Waals surface area contributed by atoms with Crippen LogP contribution in [0.5, 0.6) is 5.75 Å². The summed E-state index contributed by atoms with van der Waals surface area (Å²) in [5, 5.41) is 12.7. The van der Waals surface area contributed by atoms with E-state index in [1.807, 2.05) is 0 Å². The molecule has 0 radical (unpaired) electrons. The molecule has 0 aliphatic carbocycles. The van der Waals surface area contributed by atoms with Gasteiger partial charge in [-0.2, -0.15) is 0 Å². The summed E-state index contributed by atoms with van der Waals surface area (Å²) >= 11 is 0. The first-order valence-electron chi connectivity index (χ1n) is 10.5. The second kappa shape index (κ2) is 10.7. The van der Waals surface area contributed by atoms with Crippen molar-refractivity contribution < 1.29 is 19.4 Å². The highest BCUT2D eigenvalue weighted by Gasteiger charge is 2.53. The first-order valence-corrected chi connectivity index (χ1v) is 10.5. The standard InChI is InChI=1S/C24H27N5O4/c1-4-14-24(23(31)29(2)3)21(19-8-5-6-9-20(19)27-28-25)33-22(26-24)17-10-12-18(13-11-17)32-16-7-15-30/h4-6,8-13,21,30H,1,7,14-16H2,2-3H3/t21-,24-/m1/s1. The first-order chi connectivity index (χ1) is 16.0. The van der Waals surface area contributed by atoms with Crippen LogP contribution in [0.3, 0.4) is 0 Å². The van der Waals surface area contributed by atoms with Crippen LogP contribution in [0.4, 0.5) is 5.69 Å². The van der Waals surface area contributed by atoms with Gasteiger partial charge in [0.1, 0.15) is 5.75 Å². The van der Waals surface area contributed by atoms with E-state index in [2.05, 4.69) is 16.6 Å². The van der Waals surface area contributed by atoms with Crippen molar-refractivity contribution in [3.05, 3.63) is 82.8 Å². The summed E-state index contributed by atoms with van der Waals surface area (Å²) in [6.45, 7) is 4.30. The van der Waals surface area contributed by atoms with Crippen molar-refractivity contribution in [2.75, 3.05) is 27.3 Å². The number of benzene rings is 2. The summed E-state index contributed by atoms with van der Waals surface area (Å²) in [6, 6.07) is 14.2. The molecule has 2 aromatic rings. The van der Waals surface area contributed by atoms with Crippen molar-refractivity contribution in [2.45, 2.75) is 24.5 Å². The SMILES string of the molecule is C=CC[C@@]1(C(=O)N(C)C)N=C(c2ccc(OCCCO)cc2)O[C@@H]1c1ccccc1N=[N+]=[N-]. The Kier molecular flexibility index (Phi) is 7.71. The van der Waals surface area contributed by atoms with E-state index in [4.69, 9.17) is 25.1 Å². The molecule has 1 N–H and O–H groups in total. The largest absolute Gasteiger partial charge is 0.494 e. The number of carbonyl (C=O) groups is 1. The van der Waals surface area contributed by atoms with Crippen molar-refractivity contribution in [2.24, 2.45) is 10.1 Å². The van der Waals surface area contributed by atoms with Gasteiger partial charge < -0.3 is 19.5 Å². The molecule has 1 aliphatic heterocycles.